The van der Waals surface area contributed by atoms with Gasteiger partial charge in [0.15, 0.2) is 0 Å². The van der Waals surface area contributed by atoms with Crippen molar-refractivity contribution in [2.75, 3.05) is 18.5 Å². The number of hydrogen-bond donors (Lipinski definition) is 1. The highest BCUT2D eigenvalue weighted by Gasteiger charge is 2.16. The Morgan fingerprint density at radius 3 is 2.42 bits per heavy atom. The lowest BCUT2D eigenvalue weighted by Gasteiger charge is -2.12. The van der Waals surface area contributed by atoms with Crippen molar-refractivity contribution in [1.29, 1.82) is 0 Å². The van der Waals surface area contributed by atoms with Crippen molar-refractivity contribution in [2.24, 2.45) is 0 Å². The number of benzene rings is 2. The maximum Gasteiger partial charge on any atom is 0.387 e. The number of anilines is 1. The molecule has 0 radical (unpaired) electrons. The Labute approximate surface area is 149 Å². The van der Waals surface area contributed by atoms with Crippen LogP contribution in [-0.2, 0) is 4.74 Å². The van der Waals surface area contributed by atoms with Crippen molar-refractivity contribution < 1.29 is 27.8 Å². The third-order valence-electron chi connectivity index (χ3n) is 3.91. The van der Waals surface area contributed by atoms with Crippen LogP contribution in [-0.4, -0.2) is 31.8 Å². The van der Waals surface area contributed by atoms with Crippen molar-refractivity contribution in [3.8, 4) is 11.5 Å². The molecule has 1 aliphatic heterocycles. The Kier molecular flexibility index (Phi) is 6.01. The summed E-state index contributed by atoms with van der Waals surface area (Å²) in [5, 5.41) is 2.69. The highest BCUT2D eigenvalue weighted by Crippen LogP contribution is 2.20. The highest BCUT2D eigenvalue weighted by atomic mass is 19.3. The minimum atomic E-state index is -2.88. The van der Waals surface area contributed by atoms with Gasteiger partial charge in [-0.15, -0.1) is 0 Å². The van der Waals surface area contributed by atoms with Crippen LogP contribution in [0.1, 0.15) is 23.2 Å². The summed E-state index contributed by atoms with van der Waals surface area (Å²) in [6, 6.07) is 12.5. The molecule has 1 amide bonds. The molecule has 0 saturated carbocycles. The highest BCUT2D eigenvalue weighted by molar-refractivity contribution is 6.04. The number of carbonyl (C=O) groups excluding carboxylic acids is 1. The number of halogens is 2. The zero-order chi connectivity index (χ0) is 18.4. The van der Waals surface area contributed by atoms with Gasteiger partial charge in [-0.1, -0.05) is 0 Å². The monoisotopic (exact) mass is 363 g/mol. The molecule has 1 heterocycles. The summed E-state index contributed by atoms with van der Waals surface area (Å²) in [5.41, 5.74) is 0.942. The molecule has 2 aromatic carbocycles. The lowest BCUT2D eigenvalue weighted by molar-refractivity contribution is -0.0498. The third kappa shape index (κ3) is 5.16. The third-order valence-corrected chi connectivity index (χ3v) is 3.91. The fraction of sp³-hybridized carbons (Fsp3) is 0.316. The van der Waals surface area contributed by atoms with Gasteiger partial charge in [0.2, 0.25) is 0 Å². The number of alkyl halides is 2. The molecule has 1 saturated heterocycles. The van der Waals surface area contributed by atoms with Gasteiger partial charge in [-0.2, -0.15) is 8.78 Å². The van der Waals surface area contributed by atoms with Crippen LogP contribution in [0.2, 0.25) is 0 Å². The first-order chi connectivity index (χ1) is 12.6. The number of carbonyl (C=O) groups is 1. The first-order valence-electron chi connectivity index (χ1n) is 8.31. The molecule has 0 bridgehead atoms. The van der Waals surface area contributed by atoms with E-state index < -0.39 is 6.61 Å². The molecule has 7 heteroatoms. The predicted octanol–water partition coefficient (Wildman–Crippen LogP) is 4.10. The van der Waals surface area contributed by atoms with E-state index in [1.807, 2.05) is 0 Å². The zero-order valence-electron chi connectivity index (χ0n) is 14.0. The van der Waals surface area contributed by atoms with Crippen molar-refractivity contribution in [2.45, 2.75) is 25.6 Å². The molecular weight excluding hydrogens is 344 g/mol. The van der Waals surface area contributed by atoms with Gasteiger partial charge in [-0.05, 0) is 61.4 Å². The number of ether oxygens (including phenoxy) is 3. The number of rotatable bonds is 7. The Balaban J connectivity index is 1.52. The fourth-order valence-corrected chi connectivity index (χ4v) is 2.59. The van der Waals surface area contributed by atoms with Crippen molar-refractivity contribution in [3.05, 3.63) is 54.1 Å². The molecule has 0 aromatic heterocycles. The topological polar surface area (TPSA) is 56.8 Å². The van der Waals surface area contributed by atoms with Gasteiger partial charge in [0, 0.05) is 17.9 Å². The molecule has 5 nitrogen and oxygen atoms in total. The average molecular weight is 363 g/mol. The van der Waals surface area contributed by atoms with E-state index in [1.165, 1.54) is 24.3 Å². The van der Waals surface area contributed by atoms with Gasteiger partial charge < -0.3 is 19.5 Å². The van der Waals surface area contributed by atoms with E-state index in [1.54, 1.807) is 24.3 Å². The summed E-state index contributed by atoms with van der Waals surface area (Å²) in [6.45, 7) is -1.60. The van der Waals surface area contributed by atoms with Crippen molar-refractivity contribution in [3.63, 3.8) is 0 Å². The summed E-state index contributed by atoms with van der Waals surface area (Å²) in [5.74, 6) is 0.398. The van der Waals surface area contributed by atoms with E-state index in [-0.39, 0.29) is 17.8 Å². The second-order valence-electron chi connectivity index (χ2n) is 5.83. The number of amides is 1. The fourth-order valence-electron chi connectivity index (χ4n) is 2.59. The summed E-state index contributed by atoms with van der Waals surface area (Å²) in [4.78, 5) is 12.2. The first kappa shape index (κ1) is 18.1. The molecule has 138 valence electrons. The smallest absolute Gasteiger partial charge is 0.387 e. The van der Waals surface area contributed by atoms with Gasteiger partial charge in [0.1, 0.15) is 18.1 Å². The summed E-state index contributed by atoms with van der Waals surface area (Å²) in [6.07, 6.45) is 2.19. The van der Waals surface area contributed by atoms with Crippen LogP contribution in [0.5, 0.6) is 11.5 Å². The Bertz CT molecular complexity index is 713. The zero-order valence-corrected chi connectivity index (χ0v) is 14.0. The van der Waals surface area contributed by atoms with Gasteiger partial charge >= 0.3 is 6.61 Å². The van der Waals surface area contributed by atoms with Crippen LogP contribution in [0, 0.1) is 0 Å². The maximum absolute atomic E-state index is 12.2. The molecule has 2 aromatic rings. The van der Waals surface area contributed by atoms with E-state index in [0.717, 1.165) is 19.4 Å². The minimum absolute atomic E-state index is 0.0331. The molecule has 1 unspecified atom stereocenters. The molecular formula is C19H19F2NO4. The second kappa shape index (κ2) is 8.62. The Morgan fingerprint density at radius 1 is 1.12 bits per heavy atom. The molecule has 0 aliphatic carbocycles. The van der Waals surface area contributed by atoms with Gasteiger partial charge in [-0.3, -0.25) is 4.79 Å². The lowest BCUT2D eigenvalue weighted by atomic mass is 10.2. The van der Waals surface area contributed by atoms with E-state index >= 15 is 0 Å². The summed E-state index contributed by atoms with van der Waals surface area (Å²) in [7, 11) is 0. The quantitative estimate of drug-likeness (QED) is 0.805. The Hall–Kier alpha value is -2.67. The SMILES string of the molecule is O=C(Nc1ccc(OC(F)F)cc1)c1ccc(OCC2CCCO2)cc1. The van der Waals surface area contributed by atoms with Crippen molar-refractivity contribution in [1.82, 2.24) is 0 Å². The number of hydrogen-bond acceptors (Lipinski definition) is 4. The Morgan fingerprint density at radius 2 is 1.81 bits per heavy atom. The van der Waals surface area contributed by atoms with Crippen LogP contribution >= 0.6 is 0 Å². The van der Waals surface area contributed by atoms with Gasteiger partial charge in [0.05, 0.1) is 6.10 Å². The standard InChI is InChI=1S/C19H19F2NO4/c20-19(21)26-16-9-5-14(6-10-16)22-18(23)13-3-7-15(8-4-13)25-12-17-2-1-11-24-17/h3-10,17,19H,1-2,11-12H2,(H,22,23). The lowest BCUT2D eigenvalue weighted by Crippen LogP contribution is -2.16. The van der Waals surface area contributed by atoms with E-state index in [0.29, 0.717) is 23.6 Å². The predicted molar refractivity (Wildman–Crippen MR) is 91.9 cm³/mol. The molecule has 1 aliphatic rings. The average Bonchev–Trinajstić information content (AvgIpc) is 3.15. The molecule has 3 rings (SSSR count). The molecule has 0 spiro atoms. The van der Waals surface area contributed by atoms with Crippen LogP contribution in [0.25, 0.3) is 0 Å². The van der Waals surface area contributed by atoms with Crippen LogP contribution in [0.4, 0.5) is 14.5 Å². The van der Waals surface area contributed by atoms with Crippen molar-refractivity contribution >= 4 is 11.6 Å². The normalized spacial score (nSPS) is 16.5. The van der Waals surface area contributed by atoms with Gasteiger partial charge in [-0.25, -0.2) is 0 Å². The summed E-state index contributed by atoms with van der Waals surface area (Å²) >= 11 is 0. The van der Waals surface area contributed by atoms with E-state index in [9.17, 15) is 13.6 Å². The van der Waals surface area contributed by atoms with Crippen LogP contribution in [0.15, 0.2) is 48.5 Å². The van der Waals surface area contributed by atoms with Crippen LogP contribution in [0.3, 0.4) is 0 Å². The largest absolute Gasteiger partial charge is 0.491 e. The maximum atomic E-state index is 12.2. The molecule has 1 N–H and O–H groups in total. The molecule has 1 atom stereocenters. The number of nitrogens with one attached hydrogen (secondary N) is 1. The van der Waals surface area contributed by atoms with E-state index in [4.69, 9.17) is 9.47 Å². The van der Waals surface area contributed by atoms with Crippen LogP contribution < -0.4 is 14.8 Å². The molecule has 26 heavy (non-hydrogen) atoms. The molecule has 1 fully saturated rings. The van der Waals surface area contributed by atoms with Gasteiger partial charge in [0.25, 0.3) is 5.91 Å². The summed E-state index contributed by atoms with van der Waals surface area (Å²) < 4.78 is 39.6. The van der Waals surface area contributed by atoms with E-state index in [2.05, 4.69) is 10.1 Å². The minimum Gasteiger partial charge on any atom is -0.491 e. The first-order valence-corrected chi connectivity index (χ1v) is 8.31. The second-order valence-corrected chi connectivity index (χ2v) is 5.83.